The van der Waals surface area contributed by atoms with E-state index in [0.29, 0.717) is 0 Å². The Bertz CT molecular complexity index is 588. The number of ether oxygens (including phenoxy) is 1. The normalized spacial score (nSPS) is 21.2. The van der Waals surface area contributed by atoms with Crippen LogP contribution in [0.25, 0.3) is 0 Å². The molecule has 4 rings (SSSR count). The highest BCUT2D eigenvalue weighted by atomic mass is 32.1. The summed E-state index contributed by atoms with van der Waals surface area (Å²) in [5.41, 5.74) is 2.58. The van der Waals surface area contributed by atoms with Crippen LogP contribution < -0.4 is 0 Å². The van der Waals surface area contributed by atoms with Gasteiger partial charge in [-0.3, -0.25) is 9.88 Å². The number of aromatic nitrogens is 1. The third-order valence-electron chi connectivity index (χ3n) is 4.48. The number of rotatable bonds is 2. The van der Waals surface area contributed by atoms with Gasteiger partial charge in [-0.1, -0.05) is 0 Å². The molecule has 1 saturated heterocycles. The summed E-state index contributed by atoms with van der Waals surface area (Å²) in [6, 6.07) is 6.27. The molecule has 20 heavy (non-hydrogen) atoms. The van der Waals surface area contributed by atoms with Gasteiger partial charge in [0.2, 0.25) is 0 Å². The van der Waals surface area contributed by atoms with Crippen LogP contribution in [0, 0.1) is 5.38 Å². The first-order valence-corrected chi connectivity index (χ1v) is 7.92. The number of hydrogen-bond acceptors (Lipinski definition) is 4. The molecule has 4 heterocycles. The Morgan fingerprint density at radius 1 is 1.35 bits per heavy atom. The molecule has 4 heteroatoms. The summed E-state index contributed by atoms with van der Waals surface area (Å²) in [7, 11) is 0. The molecule has 0 aliphatic carbocycles. The molecule has 0 aromatic carbocycles. The van der Waals surface area contributed by atoms with Crippen molar-refractivity contribution >= 4 is 11.3 Å². The second kappa shape index (κ2) is 4.95. The molecule has 1 radical (unpaired) electrons. The summed E-state index contributed by atoms with van der Waals surface area (Å²) in [5, 5.41) is 3.16. The smallest absolute Gasteiger partial charge is 0.0978 e. The van der Waals surface area contributed by atoms with Gasteiger partial charge in [0.25, 0.3) is 0 Å². The van der Waals surface area contributed by atoms with E-state index in [0.717, 1.165) is 39.1 Å². The molecule has 0 saturated carbocycles. The monoisotopic (exact) mass is 285 g/mol. The number of piperidine rings is 1. The fourth-order valence-electron chi connectivity index (χ4n) is 3.32. The first-order chi connectivity index (χ1) is 9.86. The van der Waals surface area contributed by atoms with Gasteiger partial charge in [0, 0.05) is 47.8 Å². The van der Waals surface area contributed by atoms with E-state index in [-0.39, 0.29) is 5.60 Å². The molecule has 1 spiro atoms. The second-order valence-corrected chi connectivity index (χ2v) is 6.58. The first-order valence-electron chi connectivity index (χ1n) is 7.10. The highest BCUT2D eigenvalue weighted by molar-refractivity contribution is 7.09. The number of fused-ring (bicyclic) bond motifs is 2. The fourth-order valence-corrected chi connectivity index (χ4v) is 3.99. The number of thiophene rings is 1. The molecule has 2 aliphatic rings. The predicted molar refractivity (Wildman–Crippen MR) is 78.4 cm³/mol. The topological polar surface area (TPSA) is 25.4 Å². The van der Waals surface area contributed by atoms with E-state index in [1.54, 1.807) is 11.3 Å². The molecule has 2 aromatic heterocycles. The summed E-state index contributed by atoms with van der Waals surface area (Å²) in [5.74, 6) is 0. The van der Waals surface area contributed by atoms with Crippen molar-refractivity contribution in [3.8, 4) is 0 Å². The maximum Gasteiger partial charge on any atom is 0.0978 e. The van der Waals surface area contributed by atoms with Crippen molar-refractivity contribution in [1.29, 1.82) is 0 Å². The molecular weight excluding hydrogens is 268 g/mol. The molecule has 0 amide bonds. The van der Waals surface area contributed by atoms with Gasteiger partial charge in [-0.05, 0) is 36.6 Å². The lowest BCUT2D eigenvalue weighted by Gasteiger charge is -2.39. The number of pyridine rings is 1. The molecule has 2 aromatic rings. The second-order valence-electron chi connectivity index (χ2n) is 5.61. The quantitative estimate of drug-likeness (QED) is 0.848. The minimum atomic E-state index is -0.0678. The fraction of sp³-hybridized carbons (Fsp3) is 0.438. The summed E-state index contributed by atoms with van der Waals surface area (Å²) in [6.45, 7) is 3.97. The van der Waals surface area contributed by atoms with Gasteiger partial charge in [0.1, 0.15) is 0 Å². The summed E-state index contributed by atoms with van der Waals surface area (Å²) >= 11 is 1.72. The van der Waals surface area contributed by atoms with Gasteiger partial charge >= 0.3 is 0 Å². The summed E-state index contributed by atoms with van der Waals surface area (Å²) in [4.78, 5) is 8.20. The Morgan fingerprint density at radius 2 is 2.25 bits per heavy atom. The van der Waals surface area contributed by atoms with Crippen molar-refractivity contribution < 1.29 is 4.74 Å². The lowest BCUT2D eigenvalue weighted by molar-refractivity contribution is -0.0799. The van der Waals surface area contributed by atoms with E-state index in [9.17, 15) is 0 Å². The van der Waals surface area contributed by atoms with E-state index in [1.807, 2.05) is 18.5 Å². The van der Waals surface area contributed by atoms with Gasteiger partial charge in [-0.25, -0.2) is 0 Å². The van der Waals surface area contributed by atoms with Crippen LogP contribution in [0.2, 0.25) is 0 Å². The largest absolute Gasteiger partial charge is 0.365 e. The van der Waals surface area contributed by atoms with Gasteiger partial charge in [0.05, 0.1) is 12.2 Å². The van der Waals surface area contributed by atoms with Crippen LogP contribution in [-0.2, 0) is 23.5 Å². The molecular formula is C16H17N2OS. The standard InChI is InChI=1S/C16H17N2OS/c1-2-14(20-9-1)11-18-7-4-16(5-8-18)15-10-17-6-3-13(15)12-19-16/h1-3,6,10H,4-5,7-8,11-12H2. The summed E-state index contributed by atoms with van der Waals surface area (Å²) < 4.78 is 6.17. The SMILES string of the molecule is [c]1ccc(CN2CCC3(CC2)OCc2ccncc23)s1. The molecule has 1 fully saturated rings. The number of likely N-dealkylation sites (tertiary alicyclic amines) is 1. The third kappa shape index (κ3) is 2.08. The van der Waals surface area contributed by atoms with E-state index >= 15 is 0 Å². The van der Waals surface area contributed by atoms with Crippen LogP contribution in [-0.4, -0.2) is 23.0 Å². The van der Waals surface area contributed by atoms with Crippen molar-refractivity contribution in [1.82, 2.24) is 9.88 Å². The van der Waals surface area contributed by atoms with Gasteiger partial charge < -0.3 is 4.74 Å². The van der Waals surface area contributed by atoms with Crippen molar-refractivity contribution in [2.45, 2.75) is 31.6 Å². The highest BCUT2D eigenvalue weighted by Crippen LogP contribution is 2.43. The van der Waals surface area contributed by atoms with Crippen molar-refractivity contribution in [2.75, 3.05) is 13.1 Å². The lowest BCUT2D eigenvalue weighted by atomic mass is 9.85. The van der Waals surface area contributed by atoms with E-state index in [1.165, 1.54) is 16.0 Å². The Balaban J connectivity index is 1.47. The molecule has 2 aliphatic heterocycles. The minimum absolute atomic E-state index is 0.0678. The van der Waals surface area contributed by atoms with Crippen LogP contribution in [0.1, 0.15) is 28.8 Å². The molecule has 0 atom stereocenters. The Kier molecular flexibility index (Phi) is 3.10. The van der Waals surface area contributed by atoms with Gasteiger partial charge in [-0.2, -0.15) is 0 Å². The van der Waals surface area contributed by atoms with E-state index < -0.39 is 0 Å². The zero-order valence-electron chi connectivity index (χ0n) is 11.3. The zero-order chi connectivity index (χ0) is 13.4. The predicted octanol–water partition coefficient (Wildman–Crippen LogP) is 2.96. The lowest BCUT2D eigenvalue weighted by Crippen LogP contribution is -2.42. The van der Waals surface area contributed by atoms with Gasteiger partial charge in [0.15, 0.2) is 0 Å². The number of nitrogens with zero attached hydrogens (tertiary/aromatic N) is 2. The van der Waals surface area contributed by atoms with Crippen molar-refractivity contribution in [2.24, 2.45) is 0 Å². The number of hydrogen-bond donors (Lipinski definition) is 0. The highest BCUT2D eigenvalue weighted by Gasteiger charge is 2.42. The van der Waals surface area contributed by atoms with Crippen LogP contribution >= 0.6 is 11.3 Å². The molecule has 3 nitrogen and oxygen atoms in total. The molecule has 103 valence electrons. The Hall–Kier alpha value is -1.23. The third-order valence-corrected chi connectivity index (χ3v) is 5.26. The maximum atomic E-state index is 6.17. The maximum absolute atomic E-state index is 6.17. The van der Waals surface area contributed by atoms with Crippen LogP contribution in [0.4, 0.5) is 0 Å². The van der Waals surface area contributed by atoms with E-state index in [4.69, 9.17) is 4.74 Å². The Labute approximate surface area is 123 Å². The first kappa shape index (κ1) is 12.5. The average molecular weight is 285 g/mol. The van der Waals surface area contributed by atoms with Gasteiger partial charge in [-0.15, -0.1) is 11.3 Å². The van der Waals surface area contributed by atoms with Crippen LogP contribution in [0.15, 0.2) is 30.6 Å². The minimum Gasteiger partial charge on any atom is -0.365 e. The van der Waals surface area contributed by atoms with Crippen LogP contribution in [0.5, 0.6) is 0 Å². The average Bonchev–Trinajstić information content (AvgIpc) is 3.11. The molecule has 0 N–H and O–H groups in total. The van der Waals surface area contributed by atoms with Crippen molar-refractivity contribution in [3.05, 3.63) is 52.0 Å². The van der Waals surface area contributed by atoms with E-state index in [2.05, 4.69) is 27.4 Å². The zero-order valence-corrected chi connectivity index (χ0v) is 12.2. The van der Waals surface area contributed by atoms with Crippen LogP contribution in [0.3, 0.4) is 0 Å². The molecule has 0 unspecified atom stereocenters. The molecule has 0 bridgehead atoms. The van der Waals surface area contributed by atoms with Crippen molar-refractivity contribution in [3.63, 3.8) is 0 Å². The summed E-state index contributed by atoms with van der Waals surface area (Å²) in [6.07, 6.45) is 6.01. The Morgan fingerprint density at radius 3 is 3.05 bits per heavy atom.